The number of nitrogens with one attached hydrogen (secondary N) is 1. The highest BCUT2D eigenvalue weighted by Crippen LogP contribution is 2.25. The fourth-order valence-corrected chi connectivity index (χ4v) is 2.41. The maximum Gasteiger partial charge on any atom is 0.227 e. The van der Waals surface area contributed by atoms with Gasteiger partial charge in [0.2, 0.25) is 5.91 Å². The summed E-state index contributed by atoms with van der Waals surface area (Å²) < 4.78 is 0. The Morgan fingerprint density at radius 2 is 1.82 bits per heavy atom. The molecule has 1 heterocycles. The molecule has 1 aliphatic rings. The Morgan fingerprint density at radius 3 is 2.41 bits per heavy atom. The molecule has 0 atom stereocenters. The van der Waals surface area contributed by atoms with Crippen molar-refractivity contribution >= 4 is 29.1 Å². The van der Waals surface area contributed by atoms with Crippen LogP contribution >= 0.6 is 23.2 Å². The Balaban J connectivity index is 2.07. The molecule has 1 aromatic rings. The van der Waals surface area contributed by atoms with Crippen LogP contribution in [0.3, 0.4) is 0 Å². The molecule has 1 fully saturated rings. The summed E-state index contributed by atoms with van der Waals surface area (Å²) >= 11 is 12.1. The lowest BCUT2D eigenvalue weighted by Gasteiger charge is -2.27. The molecule has 1 aromatic carbocycles. The van der Waals surface area contributed by atoms with Gasteiger partial charge in [-0.05, 0) is 17.7 Å². The van der Waals surface area contributed by atoms with Gasteiger partial charge in [-0.15, -0.1) is 0 Å². The Morgan fingerprint density at radius 1 is 1.24 bits per heavy atom. The van der Waals surface area contributed by atoms with E-state index in [1.807, 2.05) is 4.90 Å². The Labute approximate surface area is 111 Å². The number of rotatable bonds is 2. The van der Waals surface area contributed by atoms with Crippen LogP contribution in [-0.2, 0) is 11.2 Å². The lowest BCUT2D eigenvalue weighted by atomic mass is 10.1. The summed E-state index contributed by atoms with van der Waals surface area (Å²) in [5.74, 6) is 0.0847. The zero-order chi connectivity index (χ0) is 12.3. The molecule has 92 valence electrons. The maximum atomic E-state index is 12.1. The first-order valence-corrected chi connectivity index (χ1v) is 6.35. The van der Waals surface area contributed by atoms with Crippen LogP contribution in [0, 0.1) is 0 Å². The number of benzene rings is 1. The van der Waals surface area contributed by atoms with Crippen molar-refractivity contribution in [3.05, 3.63) is 33.8 Å². The fourth-order valence-electron chi connectivity index (χ4n) is 1.88. The summed E-state index contributed by atoms with van der Waals surface area (Å²) in [4.78, 5) is 13.9. The van der Waals surface area contributed by atoms with Crippen molar-refractivity contribution in [2.75, 3.05) is 26.2 Å². The van der Waals surface area contributed by atoms with Gasteiger partial charge in [-0.25, -0.2) is 0 Å². The quantitative estimate of drug-likeness (QED) is 0.893. The van der Waals surface area contributed by atoms with Gasteiger partial charge in [0.1, 0.15) is 0 Å². The van der Waals surface area contributed by atoms with Gasteiger partial charge in [0, 0.05) is 36.2 Å². The number of nitrogens with zero attached hydrogens (tertiary/aromatic N) is 1. The molecular weight excluding hydrogens is 259 g/mol. The van der Waals surface area contributed by atoms with Gasteiger partial charge in [-0.3, -0.25) is 4.79 Å². The summed E-state index contributed by atoms with van der Waals surface area (Å²) in [6, 6.07) is 5.30. The first-order valence-electron chi connectivity index (χ1n) is 5.60. The monoisotopic (exact) mass is 272 g/mol. The Kier molecular flexibility index (Phi) is 4.26. The molecule has 2 rings (SSSR count). The summed E-state index contributed by atoms with van der Waals surface area (Å²) in [6.45, 7) is 3.20. The van der Waals surface area contributed by atoms with E-state index in [9.17, 15) is 4.79 Å². The number of piperazine rings is 1. The minimum atomic E-state index is 0.0847. The largest absolute Gasteiger partial charge is 0.340 e. The van der Waals surface area contributed by atoms with E-state index >= 15 is 0 Å². The van der Waals surface area contributed by atoms with Crippen LogP contribution in [0.4, 0.5) is 0 Å². The van der Waals surface area contributed by atoms with Gasteiger partial charge in [0.25, 0.3) is 0 Å². The second kappa shape index (κ2) is 5.71. The lowest BCUT2D eigenvalue weighted by Crippen LogP contribution is -2.47. The van der Waals surface area contributed by atoms with Crippen molar-refractivity contribution in [3.8, 4) is 0 Å². The van der Waals surface area contributed by atoms with Gasteiger partial charge < -0.3 is 10.2 Å². The highest BCUT2D eigenvalue weighted by Gasteiger charge is 2.18. The van der Waals surface area contributed by atoms with Crippen molar-refractivity contribution in [2.45, 2.75) is 6.42 Å². The van der Waals surface area contributed by atoms with Crippen LogP contribution in [0.15, 0.2) is 18.2 Å². The summed E-state index contributed by atoms with van der Waals surface area (Å²) in [5.41, 5.74) is 0.722. The molecule has 0 saturated carbocycles. The molecule has 0 radical (unpaired) electrons. The van der Waals surface area contributed by atoms with Gasteiger partial charge in [-0.2, -0.15) is 0 Å². The molecule has 0 unspecified atom stereocenters. The minimum absolute atomic E-state index is 0.0847. The summed E-state index contributed by atoms with van der Waals surface area (Å²) in [5, 5.41) is 4.32. The predicted molar refractivity (Wildman–Crippen MR) is 69.6 cm³/mol. The molecular formula is C12H14Cl2N2O. The zero-order valence-electron chi connectivity index (χ0n) is 9.38. The van der Waals surface area contributed by atoms with Crippen LogP contribution in [0.2, 0.25) is 10.0 Å². The first kappa shape index (κ1) is 12.7. The van der Waals surface area contributed by atoms with Crippen LogP contribution in [0.5, 0.6) is 0 Å². The van der Waals surface area contributed by atoms with E-state index in [1.54, 1.807) is 18.2 Å². The van der Waals surface area contributed by atoms with Crippen molar-refractivity contribution in [1.82, 2.24) is 10.2 Å². The molecule has 1 aliphatic heterocycles. The SMILES string of the molecule is O=C(Cc1c(Cl)cccc1Cl)N1CCNCC1. The van der Waals surface area contributed by atoms with Crippen LogP contribution < -0.4 is 5.32 Å². The van der Waals surface area contributed by atoms with E-state index in [0.717, 1.165) is 31.7 Å². The van der Waals surface area contributed by atoms with E-state index in [0.29, 0.717) is 10.0 Å². The number of hydrogen-bond donors (Lipinski definition) is 1. The number of carbonyl (C=O) groups excluding carboxylic acids is 1. The highest BCUT2D eigenvalue weighted by molar-refractivity contribution is 6.36. The van der Waals surface area contributed by atoms with Crippen molar-refractivity contribution < 1.29 is 4.79 Å². The predicted octanol–water partition coefficient (Wildman–Crippen LogP) is 1.97. The molecule has 5 heteroatoms. The third-order valence-electron chi connectivity index (χ3n) is 2.86. The second-order valence-electron chi connectivity index (χ2n) is 4.01. The van der Waals surface area contributed by atoms with Gasteiger partial charge in [-0.1, -0.05) is 29.3 Å². The topological polar surface area (TPSA) is 32.3 Å². The average molecular weight is 273 g/mol. The molecule has 0 bridgehead atoms. The van der Waals surface area contributed by atoms with E-state index in [-0.39, 0.29) is 12.3 Å². The zero-order valence-corrected chi connectivity index (χ0v) is 10.9. The fraction of sp³-hybridized carbons (Fsp3) is 0.417. The minimum Gasteiger partial charge on any atom is -0.340 e. The first-order chi connectivity index (χ1) is 8.18. The number of amides is 1. The van der Waals surface area contributed by atoms with Gasteiger partial charge in [0.15, 0.2) is 0 Å². The van der Waals surface area contributed by atoms with Gasteiger partial charge >= 0.3 is 0 Å². The van der Waals surface area contributed by atoms with E-state index < -0.39 is 0 Å². The average Bonchev–Trinajstić information content (AvgIpc) is 2.35. The smallest absolute Gasteiger partial charge is 0.227 e. The van der Waals surface area contributed by atoms with Crippen molar-refractivity contribution in [2.24, 2.45) is 0 Å². The third-order valence-corrected chi connectivity index (χ3v) is 3.57. The number of halogens is 2. The third kappa shape index (κ3) is 3.12. The second-order valence-corrected chi connectivity index (χ2v) is 4.82. The molecule has 0 spiro atoms. The number of carbonyl (C=O) groups is 1. The number of hydrogen-bond acceptors (Lipinski definition) is 2. The molecule has 0 aliphatic carbocycles. The van der Waals surface area contributed by atoms with Crippen LogP contribution in [0.25, 0.3) is 0 Å². The Hall–Kier alpha value is -0.770. The molecule has 1 amide bonds. The van der Waals surface area contributed by atoms with Crippen molar-refractivity contribution in [3.63, 3.8) is 0 Å². The van der Waals surface area contributed by atoms with E-state index in [2.05, 4.69) is 5.32 Å². The van der Waals surface area contributed by atoms with E-state index in [1.165, 1.54) is 0 Å². The molecule has 0 aromatic heterocycles. The Bertz CT molecular complexity index is 397. The van der Waals surface area contributed by atoms with Gasteiger partial charge in [0.05, 0.1) is 6.42 Å². The summed E-state index contributed by atoms with van der Waals surface area (Å²) in [7, 11) is 0. The maximum absolute atomic E-state index is 12.1. The normalized spacial score (nSPS) is 16.0. The van der Waals surface area contributed by atoms with Crippen LogP contribution in [0.1, 0.15) is 5.56 Å². The van der Waals surface area contributed by atoms with E-state index in [4.69, 9.17) is 23.2 Å². The highest BCUT2D eigenvalue weighted by atomic mass is 35.5. The molecule has 1 N–H and O–H groups in total. The molecule has 3 nitrogen and oxygen atoms in total. The van der Waals surface area contributed by atoms with Crippen molar-refractivity contribution in [1.29, 1.82) is 0 Å². The standard InChI is InChI=1S/C12H14Cl2N2O/c13-10-2-1-3-11(14)9(10)8-12(17)16-6-4-15-5-7-16/h1-3,15H,4-8H2. The summed E-state index contributed by atoms with van der Waals surface area (Å²) in [6.07, 6.45) is 0.276. The lowest BCUT2D eigenvalue weighted by molar-refractivity contribution is -0.131. The molecule has 1 saturated heterocycles. The molecule has 17 heavy (non-hydrogen) atoms. The van der Waals surface area contributed by atoms with Crippen LogP contribution in [-0.4, -0.2) is 37.0 Å².